The number of pyridine rings is 1. The Labute approximate surface area is 187 Å². The highest BCUT2D eigenvalue weighted by Crippen LogP contribution is 2.42. The van der Waals surface area contributed by atoms with E-state index in [0.29, 0.717) is 5.92 Å². The van der Waals surface area contributed by atoms with E-state index in [9.17, 15) is 4.79 Å². The molecule has 2 heterocycles. The monoisotopic (exact) mass is 434 g/mol. The summed E-state index contributed by atoms with van der Waals surface area (Å²) >= 11 is 1.48. The van der Waals surface area contributed by atoms with Crippen molar-refractivity contribution in [2.45, 2.75) is 39.5 Å². The molecule has 0 aliphatic rings. The lowest BCUT2D eigenvalue weighted by atomic mass is 9.91. The Morgan fingerprint density at radius 2 is 1.94 bits per heavy atom. The van der Waals surface area contributed by atoms with Gasteiger partial charge in [0.25, 0.3) is 5.56 Å². The van der Waals surface area contributed by atoms with Crippen LogP contribution in [-0.4, -0.2) is 25.2 Å². The van der Waals surface area contributed by atoms with E-state index in [2.05, 4.69) is 48.4 Å². The molecular formula is C26H30N2O2S. The van der Waals surface area contributed by atoms with Crippen molar-refractivity contribution in [2.75, 3.05) is 20.2 Å². The predicted molar refractivity (Wildman–Crippen MR) is 133 cm³/mol. The molecule has 0 unspecified atom stereocenters. The molecule has 0 fully saturated rings. The number of aryl methyl sites for hydroxylation is 1. The van der Waals surface area contributed by atoms with Gasteiger partial charge in [-0.2, -0.15) is 0 Å². The number of hydrogen-bond acceptors (Lipinski definition) is 4. The Morgan fingerprint density at radius 1 is 1.16 bits per heavy atom. The summed E-state index contributed by atoms with van der Waals surface area (Å²) in [5.74, 6) is 1.33. The minimum absolute atomic E-state index is 0.0302. The van der Waals surface area contributed by atoms with Gasteiger partial charge < -0.3 is 15.0 Å². The molecule has 4 rings (SSSR count). The van der Waals surface area contributed by atoms with Gasteiger partial charge >= 0.3 is 0 Å². The second kappa shape index (κ2) is 9.25. The first-order chi connectivity index (χ1) is 15.1. The molecule has 0 aliphatic carbocycles. The molecule has 0 bridgehead atoms. The van der Waals surface area contributed by atoms with E-state index in [1.165, 1.54) is 16.9 Å². The first-order valence-electron chi connectivity index (χ1n) is 11.0. The number of aromatic amines is 1. The first kappa shape index (κ1) is 21.6. The Balaban J connectivity index is 1.87. The van der Waals surface area contributed by atoms with Gasteiger partial charge in [0.2, 0.25) is 0 Å². The number of nitrogens with one attached hydrogen (secondary N) is 2. The number of fused-ring (bicyclic) bond motifs is 3. The van der Waals surface area contributed by atoms with Gasteiger partial charge in [-0.3, -0.25) is 4.79 Å². The minimum atomic E-state index is -0.0302. The molecule has 31 heavy (non-hydrogen) atoms. The standard InChI is InChI=1S/C26H30N2O2S/c1-5-12-27-15-17(6-2)18-7-9-19(10-8-18)22-21(30-4)14-16(3)24-23(22)20-11-13-31-25(20)26(29)28-24/h7-11,13-14,17,27H,5-6,12,15H2,1-4H3,(H,28,29)/t17-/m0/s1. The summed E-state index contributed by atoms with van der Waals surface area (Å²) in [5.41, 5.74) is 5.33. The zero-order chi connectivity index (χ0) is 22.0. The molecule has 4 aromatic rings. The number of thiophene rings is 1. The summed E-state index contributed by atoms with van der Waals surface area (Å²) in [5, 5.41) is 7.57. The zero-order valence-electron chi connectivity index (χ0n) is 18.7. The number of H-pyrrole nitrogens is 1. The van der Waals surface area contributed by atoms with Crippen molar-refractivity contribution in [3.8, 4) is 16.9 Å². The van der Waals surface area contributed by atoms with Crippen LogP contribution in [0, 0.1) is 6.92 Å². The summed E-state index contributed by atoms with van der Waals surface area (Å²) in [6.45, 7) is 8.50. The second-order valence-corrected chi connectivity index (χ2v) is 8.99. The average molecular weight is 435 g/mol. The molecule has 162 valence electrons. The van der Waals surface area contributed by atoms with Gasteiger partial charge in [-0.1, -0.05) is 38.1 Å². The SMILES string of the molecule is CCCNC[C@H](CC)c1ccc(-c2c(OC)cc(C)c3[nH]c(=O)c4sccc4c23)cc1. The third-order valence-corrected chi connectivity index (χ3v) is 6.98. The molecule has 4 nitrogen and oxygen atoms in total. The third kappa shape index (κ3) is 4.00. The largest absolute Gasteiger partial charge is 0.496 e. The molecule has 0 aliphatic heterocycles. The number of rotatable bonds is 8. The van der Waals surface area contributed by atoms with E-state index in [4.69, 9.17) is 4.74 Å². The molecule has 0 radical (unpaired) electrons. The molecule has 2 aromatic carbocycles. The van der Waals surface area contributed by atoms with Crippen LogP contribution in [-0.2, 0) is 0 Å². The normalized spacial score (nSPS) is 12.5. The maximum atomic E-state index is 12.6. The van der Waals surface area contributed by atoms with Gasteiger partial charge in [-0.15, -0.1) is 11.3 Å². The van der Waals surface area contributed by atoms with Crippen molar-refractivity contribution < 1.29 is 4.74 Å². The van der Waals surface area contributed by atoms with Gasteiger partial charge in [0.05, 0.1) is 12.6 Å². The van der Waals surface area contributed by atoms with E-state index in [0.717, 1.165) is 69.4 Å². The molecule has 0 amide bonds. The number of methoxy groups -OCH3 is 1. The minimum Gasteiger partial charge on any atom is -0.496 e. The zero-order valence-corrected chi connectivity index (χ0v) is 19.5. The van der Waals surface area contributed by atoms with E-state index >= 15 is 0 Å². The Morgan fingerprint density at radius 3 is 2.61 bits per heavy atom. The van der Waals surface area contributed by atoms with Crippen molar-refractivity contribution in [3.63, 3.8) is 0 Å². The fourth-order valence-electron chi connectivity index (χ4n) is 4.39. The smallest absolute Gasteiger partial charge is 0.266 e. The second-order valence-electron chi connectivity index (χ2n) is 8.07. The number of aromatic nitrogens is 1. The maximum absolute atomic E-state index is 12.6. The van der Waals surface area contributed by atoms with Crippen molar-refractivity contribution in [3.05, 3.63) is 63.3 Å². The van der Waals surface area contributed by atoms with Crippen molar-refractivity contribution in [1.29, 1.82) is 0 Å². The van der Waals surface area contributed by atoms with Crippen molar-refractivity contribution in [1.82, 2.24) is 10.3 Å². The molecular weight excluding hydrogens is 404 g/mol. The fraction of sp³-hybridized carbons (Fsp3) is 0.346. The lowest BCUT2D eigenvalue weighted by Crippen LogP contribution is -2.21. The summed E-state index contributed by atoms with van der Waals surface area (Å²) < 4.78 is 6.57. The molecule has 0 saturated carbocycles. The van der Waals surface area contributed by atoms with Gasteiger partial charge in [0.1, 0.15) is 10.4 Å². The van der Waals surface area contributed by atoms with Crippen LogP contribution < -0.4 is 15.6 Å². The fourth-order valence-corrected chi connectivity index (χ4v) is 5.18. The van der Waals surface area contributed by atoms with Gasteiger partial charge in [-0.05, 0) is 66.4 Å². The van der Waals surface area contributed by atoms with Crippen molar-refractivity contribution >= 4 is 32.3 Å². The summed E-state index contributed by atoms with van der Waals surface area (Å²) in [7, 11) is 1.71. The topological polar surface area (TPSA) is 54.1 Å². The molecule has 2 N–H and O–H groups in total. The van der Waals surface area contributed by atoms with E-state index < -0.39 is 0 Å². The number of hydrogen-bond donors (Lipinski definition) is 2. The van der Waals surface area contributed by atoms with Crippen molar-refractivity contribution in [2.24, 2.45) is 0 Å². The maximum Gasteiger partial charge on any atom is 0.266 e. The highest BCUT2D eigenvalue weighted by molar-refractivity contribution is 7.17. The average Bonchev–Trinajstić information content (AvgIpc) is 3.28. The Bertz CT molecular complexity index is 1250. The first-order valence-corrected chi connectivity index (χ1v) is 11.9. The highest BCUT2D eigenvalue weighted by atomic mass is 32.1. The summed E-state index contributed by atoms with van der Waals surface area (Å²) in [4.78, 5) is 15.7. The van der Waals surface area contributed by atoms with Crippen LogP contribution in [0.25, 0.3) is 32.1 Å². The van der Waals surface area contributed by atoms with E-state index in [1.54, 1.807) is 7.11 Å². The van der Waals surface area contributed by atoms with Gasteiger partial charge in [0.15, 0.2) is 0 Å². The van der Waals surface area contributed by atoms with Crippen LogP contribution in [0.15, 0.2) is 46.6 Å². The van der Waals surface area contributed by atoms with Crippen LogP contribution in [0.4, 0.5) is 0 Å². The molecule has 1 atom stereocenters. The van der Waals surface area contributed by atoms with Crippen LogP contribution in [0.3, 0.4) is 0 Å². The molecule has 2 aromatic heterocycles. The van der Waals surface area contributed by atoms with Crippen LogP contribution in [0.1, 0.15) is 43.7 Å². The van der Waals surface area contributed by atoms with E-state index in [-0.39, 0.29) is 5.56 Å². The number of ether oxygens (including phenoxy) is 1. The molecule has 5 heteroatoms. The number of benzene rings is 2. The van der Waals surface area contributed by atoms with E-state index in [1.807, 2.05) is 24.4 Å². The lowest BCUT2D eigenvalue weighted by Gasteiger charge is -2.18. The van der Waals surface area contributed by atoms with Crippen LogP contribution in [0.2, 0.25) is 0 Å². The summed E-state index contributed by atoms with van der Waals surface area (Å²) in [6.07, 6.45) is 2.25. The third-order valence-electron chi connectivity index (χ3n) is 6.07. The molecule has 0 saturated heterocycles. The predicted octanol–water partition coefficient (Wildman–Crippen LogP) is 6.22. The highest BCUT2D eigenvalue weighted by Gasteiger charge is 2.18. The molecule has 0 spiro atoms. The van der Waals surface area contributed by atoms with Crippen LogP contribution >= 0.6 is 11.3 Å². The Hall–Kier alpha value is -2.63. The Kier molecular flexibility index (Phi) is 6.44. The van der Waals surface area contributed by atoms with Crippen LogP contribution in [0.5, 0.6) is 5.75 Å². The lowest BCUT2D eigenvalue weighted by molar-refractivity contribution is 0.416. The van der Waals surface area contributed by atoms with Gasteiger partial charge in [-0.25, -0.2) is 0 Å². The summed E-state index contributed by atoms with van der Waals surface area (Å²) in [6, 6.07) is 12.9. The quantitative estimate of drug-likeness (QED) is 0.324. The van der Waals surface area contributed by atoms with Gasteiger partial charge in [0, 0.05) is 22.9 Å².